The zero-order valence-electron chi connectivity index (χ0n) is 12.1. The SMILES string of the molecule is CCCC(N)C(=O)Nc1ccc(NS(=O)(=O)CC)cc1.Cl. The lowest BCUT2D eigenvalue weighted by Gasteiger charge is -2.12. The molecule has 0 spiro atoms. The predicted octanol–water partition coefficient (Wildman–Crippen LogP) is 1.94. The Hall–Kier alpha value is -1.31. The lowest BCUT2D eigenvalue weighted by molar-refractivity contribution is -0.117. The van der Waals surface area contributed by atoms with Gasteiger partial charge in [-0.3, -0.25) is 9.52 Å². The van der Waals surface area contributed by atoms with Gasteiger partial charge in [0.1, 0.15) is 0 Å². The Bertz CT molecular complexity index is 546. The molecule has 0 bridgehead atoms. The molecule has 1 rings (SSSR count). The molecule has 0 saturated carbocycles. The van der Waals surface area contributed by atoms with Gasteiger partial charge >= 0.3 is 0 Å². The van der Waals surface area contributed by atoms with Crippen molar-refractivity contribution in [1.29, 1.82) is 0 Å². The fraction of sp³-hybridized carbons (Fsp3) is 0.462. The Labute approximate surface area is 132 Å². The van der Waals surface area contributed by atoms with E-state index in [0.29, 0.717) is 17.8 Å². The molecule has 0 radical (unpaired) electrons. The van der Waals surface area contributed by atoms with E-state index < -0.39 is 16.1 Å². The molecule has 0 heterocycles. The van der Waals surface area contributed by atoms with Gasteiger partial charge in [-0.25, -0.2) is 8.42 Å². The highest BCUT2D eigenvalue weighted by atomic mass is 35.5. The number of halogens is 1. The molecule has 8 heteroatoms. The average molecular weight is 336 g/mol. The van der Waals surface area contributed by atoms with E-state index in [1.807, 2.05) is 6.92 Å². The van der Waals surface area contributed by atoms with Gasteiger partial charge in [0.2, 0.25) is 15.9 Å². The molecular weight excluding hydrogens is 314 g/mol. The molecule has 1 atom stereocenters. The van der Waals surface area contributed by atoms with Crippen LogP contribution in [0.15, 0.2) is 24.3 Å². The predicted molar refractivity (Wildman–Crippen MR) is 88.3 cm³/mol. The molecule has 1 amide bonds. The second-order valence-corrected chi connectivity index (χ2v) is 6.48. The van der Waals surface area contributed by atoms with Gasteiger partial charge in [0.15, 0.2) is 0 Å². The number of nitrogens with two attached hydrogens (primary N) is 1. The maximum Gasteiger partial charge on any atom is 0.241 e. The van der Waals surface area contributed by atoms with Gasteiger partial charge in [-0.1, -0.05) is 13.3 Å². The summed E-state index contributed by atoms with van der Waals surface area (Å²) in [5.74, 6) is -0.231. The van der Waals surface area contributed by atoms with Gasteiger partial charge < -0.3 is 11.1 Å². The van der Waals surface area contributed by atoms with Crippen LogP contribution in [0.4, 0.5) is 11.4 Å². The number of carbonyl (C=O) groups is 1. The maximum atomic E-state index is 11.7. The first-order valence-corrected chi connectivity index (χ1v) is 8.20. The lowest BCUT2D eigenvalue weighted by atomic mass is 10.1. The summed E-state index contributed by atoms with van der Waals surface area (Å²) in [7, 11) is -3.29. The van der Waals surface area contributed by atoms with Crippen LogP contribution in [0.5, 0.6) is 0 Å². The number of anilines is 2. The number of sulfonamides is 1. The Morgan fingerprint density at radius 1 is 1.19 bits per heavy atom. The highest BCUT2D eigenvalue weighted by Crippen LogP contribution is 2.15. The van der Waals surface area contributed by atoms with Crippen LogP contribution >= 0.6 is 12.4 Å². The van der Waals surface area contributed by atoms with Gasteiger partial charge in [0.25, 0.3) is 0 Å². The van der Waals surface area contributed by atoms with Crippen LogP contribution in [0.1, 0.15) is 26.7 Å². The number of hydrogen-bond donors (Lipinski definition) is 3. The monoisotopic (exact) mass is 335 g/mol. The molecule has 0 aromatic heterocycles. The zero-order chi connectivity index (χ0) is 15.2. The molecule has 6 nitrogen and oxygen atoms in total. The quantitative estimate of drug-likeness (QED) is 0.708. The topological polar surface area (TPSA) is 101 Å². The molecule has 1 aromatic rings. The highest BCUT2D eigenvalue weighted by molar-refractivity contribution is 7.92. The molecule has 0 saturated heterocycles. The van der Waals surface area contributed by atoms with E-state index in [-0.39, 0.29) is 24.1 Å². The second-order valence-electron chi connectivity index (χ2n) is 4.47. The first kappa shape index (κ1) is 19.7. The van der Waals surface area contributed by atoms with Crippen molar-refractivity contribution < 1.29 is 13.2 Å². The van der Waals surface area contributed by atoms with Crippen LogP contribution in [0, 0.1) is 0 Å². The molecule has 1 aromatic carbocycles. The van der Waals surface area contributed by atoms with Crippen molar-refractivity contribution in [2.75, 3.05) is 15.8 Å². The van der Waals surface area contributed by atoms with Crippen molar-refractivity contribution in [2.45, 2.75) is 32.7 Å². The summed E-state index contributed by atoms with van der Waals surface area (Å²) in [6.45, 7) is 3.52. The smallest absolute Gasteiger partial charge is 0.241 e. The van der Waals surface area contributed by atoms with Crippen molar-refractivity contribution in [2.24, 2.45) is 5.73 Å². The maximum absolute atomic E-state index is 11.7. The summed E-state index contributed by atoms with van der Waals surface area (Å²) >= 11 is 0. The van der Waals surface area contributed by atoms with E-state index in [2.05, 4.69) is 10.0 Å². The molecular formula is C13H22ClN3O3S. The molecule has 0 fully saturated rings. The van der Waals surface area contributed by atoms with Crippen LogP contribution in [0.25, 0.3) is 0 Å². The summed E-state index contributed by atoms with van der Waals surface area (Å²) in [5.41, 5.74) is 6.75. The second kappa shape index (κ2) is 8.86. The summed E-state index contributed by atoms with van der Waals surface area (Å²) in [6.07, 6.45) is 1.46. The molecule has 21 heavy (non-hydrogen) atoms. The fourth-order valence-electron chi connectivity index (χ4n) is 1.55. The number of rotatable bonds is 7. The van der Waals surface area contributed by atoms with E-state index in [9.17, 15) is 13.2 Å². The number of carbonyl (C=O) groups excluding carboxylic acids is 1. The number of nitrogens with one attached hydrogen (secondary N) is 2. The van der Waals surface area contributed by atoms with Crippen molar-refractivity contribution in [3.8, 4) is 0 Å². The first-order valence-electron chi connectivity index (χ1n) is 6.55. The van der Waals surface area contributed by atoms with E-state index >= 15 is 0 Å². The minimum atomic E-state index is -3.29. The third kappa shape index (κ3) is 6.79. The fourth-order valence-corrected chi connectivity index (χ4v) is 2.19. The van der Waals surface area contributed by atoms with Crippen LogP contribution in [0.3, 0.4) is 0 Å². The van der Waals surface area contributed by atoms with E-state index in [4.69, 9.17) is 5.73 Å². The average Bonchev–Trinajstić information content (AvgIpc) is 2.41. The standard InChI is InChI=1S/C13H21N3O3S.ClH/c1-3-5-12(14)13(17)15-10-6-8-11(9-7-10)16-20(18,19)4-2;/h6-9,12,16H,3-5,14H2,1-2H3,(H,15,17);1H. The number of hydrogen-bond acceptors (Lipinski definition) is 4. The van der Waals surface area contributed by atoms with Crippen LogP contribution < -0.4 is 15.8 Å². The minimum absolute atomic E-state index is 0. The Balaban J connectivity index is 0.00000400. The molecule has 4 N–H and O–H groups in total. The highest BCUT2D eigenvalue weighted by Gasteiger charge is 2.12. The number of benzene rings is 1. The normalized spacial score (nSPS) is 12.1. The van der Waals surface area contributed by atoms with Crippen molar-refractivity contribution >= 4 is 39.7 Å². The number of amides is 1. The van der Waals surface area contributed by atoms with E-state index in [0.717, 1.165) is 6.42 Å². The van der Waals surface area contributed by atoms with Gasteiger partial charge in [-0.15, -0.1) is 12.4 Å². The van der Waals surface area contributed by atoms with Crippen LogP contribution in [-0.2, 0) is 14.8 Å². The van der Waals surface area contributed by atoms with Gasteiger partial charge in [-0.05, 0) is 37.6 Å². The Kier molecular flexibility index (Phi) is 8.31. The zero-order valence-corrected chi connectivity index (χ0v) is 13.8. The summed E-state index contributed by atoms with van der Waals surface area (Å²) in [4.78, 5) is 11.7. The van der Waals surface area contributed by atoms with Gasteiger partial charge in [0, 0.05) is 11.4 Å². The van der Waals surface area contributed by atoms with Crippen molar-refractivity contribution in [3.63, 3.8) is 0 Å². The molecule has 1 unspecified atom stereocenters. The summed E-state index contributed by atoms with van der Waals surface area (Å²) < 4.78 is 25.2. The van der Waals surface area contributed by atoms with E-state index in [1.165, 1.54) is 0 Å². The minimum Gasteiger partial charge on any atom is -0.325 e. The Morgan fingerprint density at radius 3 is 2.19 bits per heavy atom. The van der Waals surface area contributed by atoms with Crippen LogP contribution in [0.2, 0.25) is 0 Å². The molecule has 0 aliphatic carbocycles. The summed E-state index contributed by atoms with van der Waals surface area (Å²) in [6, 6.07) is 5.91. The van der Waals surface area contributed by atoms with Crippen molar-refractivity contribution in [1.82, 2.24) is 0 Å². The van der Waals surface area contributed by atoms with Gasteiger partial charge in [-0.2, -0.15) is 0 Å². The molecule has 0 aliphatic heterocycles. The Morgan fingerprint density at radius 2 is 1.71 bits per heavy atom. The third-order valence-corrected chi connectivity index (χ3v) is 4.05. The van der Waals surface area contributed by atoms with Gasteiger partial charge in [0.05, 0.1) is 11.8 Å². The largest absolute Gasteiger partial charge is 0.325 e. The first-order chi connectivity index (χ1) is 9.38. The summed E-state index contributed by atoms with van der Waals surface area (Å²) in [5, 5.41) is 2.69. The van der Waals surface area contributed by atoms with Crippen molar-refractivity contribution in [3.05, 3.63) is 24.3 Å². The molecule has 120 valence electrons. The molecule has 0 aliphatic rings. The third-order valence-electron chi connectivity index (χ3n) is 2.74. The lowest BCUT2D eigenvalue weighted by Crippen LogP contribution is -2.35. The van der Waals surface area contributed by atoms with Crippen LogP contribution in [-0.4, -0.2) is 26.1 Å². The van der Waals surface area contributed by atoms with E-state index in [1.54, 1.807) is 31.2 Å².